The molecular weight excluding hydrogens is 290 g/mol. The van der Waals surface area contributed by atoms with Gasteiger partial charge in [-0.1, -0.05) is 25.1 Å². The minimum atomic E-state index is 0.220. The maximum Gasteiger partial charge on any atom is 0.138 e. The Kier molecular flexibility index (Phi) is 5.26. The monoisotopic (exact) mass is 309 g/mol. The molecule has 1 aliphatic carbocycles. The van der Waals surface area contributed by atoms with Crippen LogP contribution in [0.25, 0.3) is 0 Å². The molecule has 1 atom stereocenters. The summed E-state index contributed by atoms with van der Waals surface area (Å²) < 4.78 is 7.18. The fraction of sp³-hybridized carbons (Fsp3) is 0.467. The van der Waals surface area contributed by atoms with Gasteiger partial charge < -0.3 is 10.1 Å². The number of rotatable bonds is 5. The third-order valence-electron chi connectivity index (χ3n) is 3.09. The highest BCUT2D eigenvalue weighted by molar-refractivity contribution is 9.10. The van der Waals surface area contributed by atoms with Crippen molar-refractivity contribution in [1.82, 2.24) is 5.32 Å². The zero-order valence-corrected chi connectivity index (χ0v) is 12.4. The van der Waals surface area contributed by atoms with Gasteiger partial charge in [0, 0.05) is 12.1 Å². The molecule has 0 aromatic heterocycles. The fourth-order valence-electron chi connectivity index (χ4n) is 2.12. The van der Waals surface area contributed by atoms with Crippen LogP contribution >= 0.6 is 15.9 Å². The molecule has 1 unspecified atom stereocenters. The van der Waals surface area contributed by atoms with E-state index in [1.807, 2.05) is 6.07 Å². The molecule has 0 fully saturated rings. The quantitative estimate of drug-likeness (QED) is 0.829. The van der Waals surface area contributed by atoms with Crippen molar-refractivity contribution in [1.29, 1.82) is 0 Å². The second kappa shape index (κ2) is 6.95. The molecular formula is C15H20BrNO. The lowest BCUT2D eigenvalue weighted by Crippen LogP contribution is -2.18. The van der Waals surface area contributed by atoms with Gasteiger partial charge in [0.1, 0.15) is 11.9 Å². The van der Waals surface area contributed by atoms with Crippen molar-refractivity contribution in [3.8, 4) is 5.75 Å². The number of allylic oxidation sites excluding steroid dienone is 1. The Labute approximate surface area is 118 Å². The first-order valence-electron chi connectivity index (χ1n) is 6.62. The van der Waals surface area contributed by atoms with Crippen LogP contribution in [0.4, 0.5) is 0 Å². The lowest BCUT2D eigenvalue weighted by Gasteiger charge is -2.21. The summed E-state index contributed by atoms with van der Waals surface area (Å²) in [5.74, 6) is 0.981. The van der Waals surface area contributed by atoms with Crippen LogP contribution in [-0.2, 0) is 6.54 Å². The van der Waals surface area contributed by atoms with Crippen LogP contribution in [0.5, 0.6) is 5.75 Å². The van der Waals surface area contributed by atoms with Gasteiger partial charge in [0.25, 0.3) is 0 Å². The maximum absolute atomic E-state index is 6.14. The molecule has 98 valence electrons. The van der Waals surface area contributed by atoms with E-state index in [-0.39, 0.29) is 6.10 Å². The molecule has 0 amide bonds. The van der Waals surface area contributed by atoms with Gasteiger partial charge >= 0.3 is 0 Å². The lowest BCUT2D eigenvalue weighted by atomic mass is 10.1. The minimum absolute atomic E-state index is 0.220. The van der Waals surface area contributed by atoms with Crippen molar-refractivity contribution < 1.29 is 4.74 Å². The van der Waals surface area contributed by atoms with Gasteiger partial charge in [-0.15, -0.1) is 0 Å². The molecule has 1 aromatic carbocycles. The number of hydrogen-bond acceptors (Lipinski definition) is 2. The van der Waals surface area contributed by atoms with Crippen LogP contribution in [0, 0.1) is 0 Å². The molecule has 1 aromatic rings. The third kappa shape index (κ3) is 3.59. The molecule has 0 spiro atoms. The molecule has 18 heavy (non-hydrogen) atoms. The van der Waals surface area contributed by atoms with Gasteiger partial charge in [0.15, 0.2) is 0 Å². The average molecular weight is 310 g/mol. The van der Waals surface area contributed by atoms with Crippen LogP contribution in [0.1, 0.15) is 31.7 Å². The molecule has 0 saturated carbocycles. The van der Waals surface area contributed by atoms with Crippen LogP contribution in [-0.4, -0.2) is 12.6 Å². The van der Waals surface area contributed by atoms with E-state index < -0.39 is 0 Å². The SMILES string of the molecule is CCNCc1cccc(Br)c1OC1C=CCCC1. The number of benzene rings is 1. The van der Waals surface area contributed by atoms with E-state index >= 15 is 0 Å². The first kappa shape index (κ1) is 13.6. The van der Waals surface area contributed by atoms with Gasteiger partial charge in [-0.25, -0.2) is 0 Å². The average Bonchev–Trinajstić information content (AvgIpc) is 2.41. The topological polar surface area (TPSA) is 21.3 Å². The van der Waals surface area contributed by atoms with E-state index in [0.717, 1.165) is 29.7 Å². The highest BCUT2D eigenvalue weighted by Gasteiger charge is 2.14. The summed E-state index contributed by atoms with van der Waals surface area (Å²) in [6.07, 6.45) is 8.12. The summed E-state index contributed by atoms with van der Waals surface area (Å²) in [4.78, 5) is 0. The molecule has 2 rings (SSSR count). The van der Waals surface area contributed by atoms with E-state index in [0.29, 0.717) is 0 Å². The highest BCUT2D eigenvalue weighted by atomic mass is 79.9. The molecule has 1 aliphatic rings. The Bertz CT molecular complexity index is 417. The predicted octanol–water partition coefficient (Wildman–Crippen LogP) is 4.05. The predicted molar refractivity (Wildman–Crippen MR) is 78.9 cm³/mol. The van der Waals surface area contributed by atoms with Crippen molar-refractivity contribution in [3.63, 3.8) is 0 Å². The van der Waals surface area contributed by atoms with Crippen molar-refractivity contribution in [2.24, 2.45) is 0 Å². The second-order valence-electron chi connectivity index (χ2n) is 4.52. The first-order chi connectivity index (χ1) is 8.81. The van der Waals surface area contributed by atoms with Crippen LogP contribution in [0.3, 0.4) is 0 Å². The van der Waals surface area contributed by atoms with E-state index in [4.69, 9.17) is 4.74 Å². The number of halogens is 1. The molecule has 1 N–H and O–H groups in total. The van der Waals surface area contributed by atoms with E-state index in [1.54, 1.807) is 0 Å². The van der Waals surface area contributed by atoms with E-state index in [2.05, 4.69) is 52.5 Å². The van der Waals surface area contributed by atoms with Crippen LogP contribution in [0.2, 0.25) is 0 Å². The van der Waals surface area contributed by atoms with Gasteiger partial charge in [0.05, 0.1) is 4.47 Å². The smallest absolute Gasteiger partial charge is 0.138 e. The second-order valence-corrected chi connectivity index (χ2v) is 5.38. The van der Waals surface area contributed by atoms with Crippen molar-refractivity contribution in [2.75, 3.05) is 6.54 Å². The van der Waals surface area contributed by atoms with Gasteiger partial charge in [-0.2, -0.15) is 0 Å². The maximum atomic E-state index is 6.14. The Morgan fingerprint density at radius 1 is 1.44 bits per heavy atom. The summed E-state index contributed by atoms with van der Waals surface area (Å²) in [5, 5.41) is 3.35. The summed E-state index contributed by atoms with van der Waals surface area (Å²) in [6.45, 7) is 3.93. The zero-order chi connectivity index (χ0) is 12.8. The summed E-state index contributed by atoms with van der Waals surface area (Å²) >= 11 is 3.59. The number of hydrogen-bond donors (Lipinski definition) is 1. The first-order valence-corrected chi connectivity index (χ1v) is 7.42. The van der Waals surface area contributed by atoms with Crippen LogP contribution < -0.4 is 10.1 Å². The fourth-order valence-corrected chi connectivity index (χ4v) is 2.62. The van der Waals surface area contributed by atoms with Gasteiger partial charge in [0.2, 0.25) is 0 Å². The molecule has 0 bridgehead atoms. The molecule has 0 aliphatic heterocycles. The van der Waals surface area contributed by atoms with Gasteiger partial charge in [-0.05, 0) is 53.9 Å². The Morgan fingerprint density at radius 2 is 2.33 bits per heavy atom. The summed E-state index contributed by atoms with van der Waals surface area (Å²) in [6, 6.07) is 6.22. The normalized spacial score (nSPS) is 18.9. The molecule has 0 saturated heterocycles. The highest BCUT2D eigenvalue weighted by Crippen LogP contribution is 2.31. The Balaban J connectivity index is 2.13. The summed E-state index contributed by atoms with van der Waals surface area (Å²) in [7, 11) is 0. The third-order valence-corrected chi connectivity index (χ3v) is 3.72. The summed E-state index contributed by atoms with van der Waals surface area (Å²) in [5.41, 5.74) is 1.21. The van der Waals surface area contributed by atoms with Gasteiger partial charge in [-0.3, -0.25) is 0 Å². The van der Waals surface area contributed by atoms with Crippen molar-refractivity contribution in [2.45, 2.75) is 38.8 Å². The number of nitrogens with one attached hydrogen (secondary N) is 1. The Morgan fingerprint density at radius 3 is 3.06 bits per heavy atom. The zero-order valence-electron chi connectivity index (χ0n) is 10.8. The van der Waals surface area contributed by atoms with E-state index in [9.17, 15) is 0 Å². The molecule has 0 heterocycles. The Hall–Kier alpha value is -0.800. The molecule has 0 radical (unpaired) electrons. The van der Waals surface area contributed by atoms with Crippen LogP contribution in [0.15, 0.2) is 34.8 Å². The van der Waals surface area contributed by atoms with Crippen molar-refractivity contribution >= 4 is 15.9 Å². The lowest BCUT2D eigenvalue weighted by molar-refractivity contribution is 0.226. The molecule has 2 nitrogen and oxygen atoms in total. The largest absolute Gasteiger partial charge is 0.485 e. The standard InChI is InChI=1S/C15H20BrNO/c1-2-17-11-12-7-6-10-14(16)15(12)18-13-8-4-3-5-9-13/h4,6-8,10,13,17H,2-3,5,9,11H2,1H3. The van der Waals surface area contributed by atoms with Crippen molar-refractivity contribution in [3.05, 3.63) is 40.4 Å². The number of para-hydroxylation sites is 1. The molecule has 3 heteroatoms. The minimum Gasteiger partial charge on any atom is -0.485 e. The van der Waals surface area contributed by atoms with E-state index in [1.165, 1.54) is 18.4 Å². The number of ether oxygens (including phenoxy) is 1.